The van der Waals surface area contributed by atoms with Gasteiger partial charge in [0.25, 0.3) is 0 Å². The van der Waals surface area contributed by atoms with Crippen LogP contribution in [0.25, 0.3) is 0 Å². The van der Waals surface area contributed by atoms with Crippen LogP contribution in [-0.2, 0) is 4.74 Å². The fourth-order valence-electron chi connectivity index (χ4n) is 3.46. The highest BCUT2D eigenvalue weighted by Crippen LogP contribution is 2.29. The van der Waals surface area contributed by atoms with E-state index in [1.54, 1.807) is 0 Å². The van der Waals surface area contributed by atoms with Gasteiger partial charge in [-0.1, -0.05) is 13.3 Å². The summed E-state index contributed by atoms with van der Waals surface area (Å²) in [7, 11) is 0. The van der Waals surface area contributed by atoms with Crippen LogP contribution in [0.5, 0.6) is 0 Å². The molecule has 122 valence electrons. The number of carbonyl (C=O) groups excluding carboxylic acids is 1. The lowest BCUT2D eigenvalue weighted by atomic mass is 9.93. The van der Waals surface area contributed by atoms with Crippen molar-refractivity contribution in [3.63, 3.8) is 0 Å². The third kappa shape index (κ3) is 5.37. The van der Waals surface area contributed by atoms with Crippen LogP contribution in [0, 0.1) is 0 Å². The van der Waals surface area contributed by atoms with Crippen molar-refractivity contribution >= 4 is 17.9 Å². The molecule has 0 bridgehead atoms. The molecule has 0 aromatic rings. The second-order valence-corrected chi connectivity index (χ2v) is 7.65. The van der Waals surface area contributed by atoms with Crippen molar-refractivity contribution in [2.45, 2.75) is 69.7 Å². The van der Waals surface area contributed by atoms with Crippen molar-refractivity contribution in [2.24, 2.45) is 0 Å². The predicted octanol–water partition coefficient (Wildman–Crippen LogP) is 3.26. The summed E-state index contributed by atoms with van der Waals surface area (Å²) in [6, 6.07) is 1.26. The molecule has 4 nitrogen and oxygen atoms in total. The number of nitrogens with one attached hydrogen (secondary N) is 1. The fraction of sp³-hybridized carbons (Fsp3) is 0.938. The minimum Gasteiger partial charge on any atom is -0.450 e. The Bertz CT molecular complexity index is 317. The average Bonchev–Trinajstić information content (AvgIpc) is 2.49. The molecule has 2 rings (SSSR count). The lowest BCUT2D eigenvalue weighted by Gasteiger charge is -2.36. The summed E-state index contributed by atoms with van der Waals surface area (Å²) >= 11 is 2.12. The average molecular weight is 314 g/mol. The Kier molecular flexibility index (Phi) is 7.17. The second kappa shape index (κ2) is 8.89. The lowest BCUT2D eigenvalue weighted by molar-refractivity contribution is 0.0937. The van der Waals surface area contributed by atoms with E-state index in [1.165, 1.54) is 31.4 Å². The molecule has 1 heterocycles. The van der Waals surface area contributed by atoms with E-state index in [0.717, 1.165) is 31.2 Å². The molecule has 2 aliphatic rings. The molecule has 1 N–H and O–H groups in total. The second-order valence-electron chi connectivity index (χ2n) is 6.07. The first kappa shape index (κ1) is 16.9. The smallest absolute Gasteiger partial charge is 0.409 e. The van der Waals surface area contributed by atoms with Crippen LogP contribution in [0.3, 0.4) is 0 Å². The summed E-state index contributed by atoms with van der Waals surface area (Å²) < 4.78 is 5.07. The molecule has 2 fully saturated rings. The van der Waals surface area contributed by atoms with Crippen LogP contribution < -0.4 is 5.32 Å². The summed E-state index contributed by atoms with van der Waals surface area (Å²) in [5, 5.41) is 4.69. The standard InChI is InChI=1S/C16H30N2O2S/c1-3-20-16(19)18-10-8-13(9-11-18)17-14-6-5-7-15(12-14)21-4-2/h13-15,17H,3-12H2,1-2H3/t14-,15+/m0/s1. The van der Waals surface area contributed by atoms with Gasteiger partial charge in [0.1, 0.15) is 0 Å². The third-order valence-electron chi connectivity index (χ3n) is 4.52. The summed E-state index contributed by atoms with van der Waals surface area (Å²) in [5.41, 5.74) is 0. The van der Waals surface area contributed by atoms with Gasteiger partial charge in [-0.25, -0.2) is 4.79 Å². The zero-order valence-electron chi connectivity index (χ0n) is 13.5. The number of nitrogens with zero attached hydrogens (tertiary/aromatic N) is 1. The molecular formula is C16H30N2O2S. The van der Waals surface area contributed by atoms with Gasteiger partial charge in [-0.3, -0.25) is 0 Å². The number of amides is 1. The maximum absolute atomic E-state index is 11.7. The molecule has 1 amide bonds. The van der Waals surface area contributed by atoms with Gasteiger partial charge in [-0.2, -0.15) is 11.8 Å². The Morgan fingerprint density at radius 2 is 1.95 bits per heavy atom. The van der Waals surface area contributed by atoms with Crippen LogP contribution in [-0.4, -0.2) is 53.8 Å². The molecular weight excluding hydrogens is 284 g/mol. The summed E-state index contributed by atoms with van der Waals surface area (Å²) in [5.74, 6) is 1.23. The summed E-state index contributed by atoms with van der Waals surface area (Å²) in [6.07, 6.45) is 7.35. The maximum atomic E-state index is 11.7. The van der Waals surface area contributed by atoms with Gasteiger partial charge >= 0.3 is 6.09 Å². The van der Waals surface area contributed by atoms with E-state index < -0.39 is 0 Å². The van der Waals surface area contributed by atoms with E-state index in [4.69, 9.17) is 4.74 Å². The zero-order chi connectivity index (χ0) is 15.1. The van der Waals surface area contributed by atoms with Crippen LogP contribution in [0.1, 0.15) is 52.4 Å². The van der Waals surface area contributed by atoms with E-state index in [2.05, 4.69) is 24.0 Å². The van der Waals surface area contributed by atoms with Crippen molar-refractivity contribution < 1.29 is 9.53 Å². The number of piperidine rings is 1. The van der Waals surface area contributed by atoms with Gasteiger partial charge in [0.15, 0.2) is 0 Å². The summed E-state index contributed by atoms with van der Waals surface area (Å²) in [4.78, 5) is 13.5. The first-order chi connectivity index (χ1) is 10.2. The third-order valence-corrected chi connectivity index (χ3v) is 5.75. The maximum Gasteiger partial charge on any atom is 0.409 e. The fourth-order valence-corrected chi connectivity index (χ4v) is 4.63. The zero-order valence-corrected chi connectivity index (χ0v) is 14.3. The predicted molar refractivity (Wildman–Crippen MR) is 88.9 cm³/mol. The highest BCUT2D eigenvalue weighted by atomic mass is 32.2. The highest BCUT2D eigenvalue weighted by molar-refractivity contribution is 7.99. The summed E-state index contributed by atoms with van der Waals surface area (Å²) in [6.45, 7) is 6.25. The van der Waals surface area contributed by atoms with Crippen LogP contribution in [0.15, 0.2) is 0 Å². The Morgan fingerprint density at radius 3 is 2.62 bits per heavy atom. The van der Waals surface area contributed by atoms with Gasteiger partial charge in [-0.15, -0.1) is 0 Å². The van der Waals surface area contributed by atoms with Crippen molar-refractivity contribution in [2.75, 3.05) is 25.4 Å². The van der Waals surface area contributed by atoms with E-state index >= 15 is 0 Å². The van der Waals surface area contributed by atoms with Gasteiger partial charge in [0.05, 0.1) is 6.61 Å². The van der Waals surface area contributed by atoms with Gasteiger partial charge in [0.2, 0.25) is 0 Å². The Hall–Kier alpha value is -0.420. The minimum atomic E-state index is -0.145. The molecule has 1 saturated carbocycles. The van der Waals surface area contributed by atoms with Crippen molar-refractivity contribution in [3.8, 4) is 0 Å². The molecule has 21 heavy (non-hydrogen) atoms. The number of rotatable bonds is 5. The molecule has 0 spiro atoms. The van der Waals surface area contributed by atoms with Gasteiger partial charge < -0.3 is 15.0 Å². The van der Waals surface area contributed by atoms with Crippen molar-refractivity contribution in [1.29, 1.82) is 0 Å². The molecule has 1 saturated heterocycles. The topological polar surface area (TPSA) is 41.6 Å². The van der Waals surface area contributed by atoms with Crippen molar-refractivity contribution in [1.82, 2.24) is 10.2 Å². The minimum absolute atomic E-state index is 0.145. The Morgan fingerprint density at radius 1 is 1.19 bits per heavy atom. The monoisotopic (exact) mass is 314 g/mol. The SMILES string of the molecule is CCOC(=O)N1CCC(N[C@H]2CCC[C@@H](SCC)C2)CC1. The van der Waals surface area contributed by atoms with Gasteiger partial charge in [0, 0.05) is 30.4 Å². The van der Waals surface area contributed by atoms with Gasteiger partial charge in [-0.05, 0) is 44.8 Å². The van der Waals surface area contributed by atoms with Crippen LogP contribution in [0.2, 0.25) is 0 Å². The molecule has 1 aliphatic carbocycles. The number of thioether (sulfide) groups is 1. The Balaban J connectivity index is 1.69. The van der Waals surface area contributed by atoms with E-state index in [1.807, 2.05) is 11.8 Å². The molecule has 5 heteroatoms. The molecule has 0 unspecified atom stereocenters. The number of hydrogen-bond acceptors (Lipinski definition) is 4. The highest BCUT2D eigenvalue weighted by Gasteiger charge is 2.27. The number of likely N-dealkylation sites (tertiary alicyclic amines) is 1. The number of ether oxygens (including phenoxy) is 1. The first-order valence-electron chi connectivity index (χ1n) is 8.52. The quantitative estimate of drug-likeness (QED) is 0.846. The molecule has 0 aromatic carbocycles. The van der Waals surface area contributed by atoms with Crippen LogP contribution >= 0.6 is 11.8 Å². The number of hydrogen-bond donors (Lipinski definition) is 1. The number of carbonyl (C=O) groups is 1. The van der Waals surface area contributed by atoms with E-state index in [-0.39, 0.29) is 6.09 Å². The molecule has 0 aromatic heterocycles. The van der Waals surface area contributed by atoms with E-state index in [9.17, 15) is 4.79 Å². The Labute approximate surface area is 133 Å². The lowest BCUT2D eigenvalue weighted by Crippen LogP contribution is -2.49. The molecule has 1 aliphatic heterocycles. The normalized spacial score (nSPS) is 27.6. The largest absolute Gasteiger partial charge is 0.450 e. The molecule has 0 radical (unpaired) electrons. The van der Waals surface area contributed by atoms with E-state index in [0.29, 0.717) is 18.7 Å². The molecule has 2 atom stereocenters. The first-order valence-corrected chi connectivity index (χ1v) is 9.57. The van der Waals surface area contributed by atoms with Crippen LogP contribution in [0.4, 0.5) is 4.79 Å². The van der Waals surface area contributed by atoms with Crippen molar-refractivity contribution in [3.05, 3.63) is 0 Å².